The minimum absolute atomic E-state index is 0.455. The molecule has 0 bridgehead atoms. The van der Waals surface area contributed by atoms with Crippen LogP contribution in [-0.2, 0) is 114 Å². The largest absolute Gasteiger partial charge is 0.463 e. The van der Waals surface area contributed by atoms with E-state index in [0.717, 1.165) is 69.2 Å². The molecule has 0 aliphatic carbocycles. The number of carbonyl (C=O) groups excluding carboxylic acids is 10. The SMILES string of the molecule is CO[C@H]1O[C@H](CN=C=N[C@@H]2O[C@H](CN=C=N[C@@H]3O[C@H](COC(C)=O)[C@@H](OC(C)=O)[C@H](OC(C)=O)[C@H]3OC(C)=O)[C@@H](OC(C)=O)[C@H](OC(C)=O)[C@H]2OC(C)=O)[C@@H](OC(C)=O)[C@H](OC(C)=O)[C@H]1OC(C)=O. The summed E-state index contributed by atoms with van der Waals surface area (Å²) < 4.78 is 77.0. The second-order valence-electron chi connectivity index (χ2n) is 15.0. The normalized spacial score (nSPS) is 30.3. The number of hydrogen-bond acceptors (Lipinski definition) is 28. The van der Waals surface area contributed by atoms with Crippen LogP contribution in [0.15, 0.2) is 20.0 Å². The van der Waals surface area contributed by atoms with Gasteiger partial charge in [-0.1, -0.05) is 0 Å². The van der Waals surface area contributed by atoms with Gasteiger partial charge in [0.1, 0.15) is 24.9 Å². The summed E-state index contributed by atoms with van der Waals surface area (Å²) in [7, 11) is 1.21. The quantitative estimate of drug-likeness (QED) is 0.0912. The Morgan fingerprint density at radius 1 is 0.377 bits per heavy atom. The maximum Gasteiger partial charge on any atom is 0.303 e. The van der Waals surface area contributed by atoms with Crippen LogP contribution in [0, 0.1) is 0 Å². The van der Waals surface area contributed by atoms with Gasteiger partial charge in [0.15, 0.2) is 73.7 Å². The van der Waals surface area contributed by atoms with Gasteiger partial charge in [0.25, 0.3) is 0 Å². The summed E-state index contributed by atoms with van der Waals surface area (Å²) in [6.07, 6.45) is -22.4. The van der Waals surface area contributed by atoms with Crippen molar-refractivity contribution >= 4 is 71.7 Å². The van der Waals surface area contributed by atoms with Crippen LogP contribution in [0.3, 0.4) is 0 Å². The van der Waals surface area contributed by atoms with Crippen molar-refractivity contribution in [1.29, 1.82) is 0 Å². The molecule has 3 aliphatic rings. The lowest BCUT2D eigenvalue weighted by molar-refractivity contribution is -0.296. The third-order valence-electron chi connectivity index (χ3n) is 9.27. The van der Waals surface area contributed by atoms with Crippen LogP contribution in [0.2, 0.25) is 0 Å². The topological polar surface area (TPSA) is 349 Å². The average molecular weight is 987 g/mol. The third-order valence-corrected chi connectivity index (χ3v) is 9.27. The molecule has 3 heterocycles. The fourth-order valence-corrected chi connectivity index (χ4v) is 7.08. The molecule has 0 saturated carbocycles. The van der Waals surface area contributed by atoms with Gasteiger partial charge in [-0.2, -0.15) is 9.98 Å². The van der Waals surface area contributed by atoms with Crippen molar-refractivity contribution in [3.05, 3.63) is 0 Å². The minimum atomic E-state index is -1.66. The van der Waals surface area contributed by atoms with Crippen LogP contribution in [0.4, 0.5) is 0 Å². The summed E-state index contributed by atoms with van der Waals surface area (Å²) in [5, 5.41) is 0. The Kier molecular flexibility index (Phi) is 21.9. The number of methoxy groups -OCH3 is 1. The molecule has 0 radical (unpaired) electrons. The van der Waals surface area contributed by atoms with Crippen molar-refractivity contribution in [2.45, 2.75) is 161 Å². The van der Waals surface area contributed by atoms with E-state index in [4.69, 9.17) is 66.3 Å². The van der Waals surface area contributed by atoms with Crippen molar-refractivity contribution in [2.24, 2.45) is 20.0 Å². The highest BCUT2D eigenvalue weighted by Crippen LogP contribution is 2.33. The van der Waals surface area contributed by atoms with Crippen molar-refractivity contribution in [3.8, 4) is 0 Å². The number of nitrogens with zero attached hydrogens (tertiary/aromatic N) is 4. The van der Waals surface area contributed by atoms with Crippen LogP contribution in [-0.4, -0.2) is 191 Å². The maximum absolute atomic E-state index is 12.5. The zero-order valence-electron chi connectivity index (χ0n) is 39.4. The Morgan fingerprint density at radius 2 is 0.667 bits per heavy atom. The van der Waals surface area contributed by atoms with E-state index in [0.29, 0.717) is 0 Å². The smallest absolute Gasteiger partial charge is 0.303 e. The number of aliphatic imine (C=N–C) groups is 4. The van der Waals surface area contributed by atoms with E-state index >= 15 is 0 Å². The Balaban J connectivity index is 2.09. The summed E-state index contributed by atoms with van der Waals surface area (Å²) in [5.74, 6) is -8.62. The molecular weight excluding hydrogens is 932 g/mol. The Bertz CT molecular complexity index is 2050. The Morgan fingerprint density at radius 3 is 1.01 bits per heavy atom. The summed E-state index contributed by atoms with van der Waals surface area (Å²) in [6, 6.07) is 4.69. The molecule has 3 saturated heterocycles. The standard InChI is InChI=1S/C41H54N4O24/c1-17(46)57-14-29-32(60-20(4)49)34(62-22(6)51)37(65-25(9)54)40(68-29)45-15-42-12-27-30(58-18(2)47)33(61-21(5)50)36(64-24(8)53)39(67-27)44-16-43-13-28-31(59-19(3)48)35(63-23(7)52)38(66-26(10)55)41(56-11)69-28/h27-41H,12-14H2,1-11H3/t27-,28-,29-,30-,31-,32-,33+,34+,35+,36-,37-,38-,39-,40-,41+/m1/s1. The van der Waals surface area contributed by atoms with E-state index in [1.807, 2.05) is 0 Å². The molecule has 382 valence electrons. The summed E-state index contributed by atoms with van der Waals surface area (Å²) in [4.78, 5) is 138. The fraction of sp³-hybridized carbons (Fsp3) is 0.707. The highest BCUT2D eigenvalue weighted by Gasteiger charge is 2.55. The number of esters is 10. The van der Waals surface area contributed by atoms with Gasteiger partial charge in [0.2, 0.25) is 0 Å². The molecule has 0 amide bonds. The molecule has 0 aromatic heterocycles. The van der Waals surface area contributed by atoms with E-state index in [-0.39, 0.29) is 0 Å². The molecule has 28 heteroatoms. The first-order chi connectivity index (χ1) is 32.4. The van der Waals surface area contributed by atoms with E-state index in [1.54, 1.807) is 0 Å². The number of ether oxygens (including phenoxy) is 14. The first-order valence-electron chi connectivity index (χ1n) is 20.8. The molecule has 3 fully saturated rings. The predicted molar refractivity (Wildman–Crippen MR) is 219 cm³/mol. The highest BCUT2D eigenvalue weighted by atomic mass is 16.7. The lowest BCUT2D eigenvalue weighted by atomic mass is 9.97. The van der Waals surface area contributed by atoms with Crippen molar-refractivity contribution < 1.29 is 114 Å². The minimum Gasteiger partial charge on any atom is -0.463 e. The van der Waals surface area contributed by atoms with Crippen LogP contribution in [0.1, 0.15) is 69.2 Å². The van der Waals surface area contributed by atoms with Gasteiger partial charge in [0.05, 0.1) is 25.1 Å². The van der Waals surface area contributed by atoms with Crippen LogP contribution in [0.5, 0.6) is 0 Å². The molecule has 15 atom stereocenters. The zero-order chi connectivity index (χ0) is 51.7. The van der Waals surface area contributed by atoms with Crippen molar-refractivity contribution in [1.82, 2.24) is 0 Å². The predicted octanol–water partition coefficient (Wildman–Crippen LogP) is -0.896. The molecule has 0 aromatic rings. The first kappa shape index (κ1) is 56.6. The zero-order valence-corrected chi connectivity index (χ0v) is 39.4. The van der Waals surface area contributed by atoms with Crippen LogP contribution in [0.25, 0.3) is 0 Å². The maximum atomic E-state index is 12.5. The molecule has 0 N–H and O–H groups in total. The summed E-state index contributed by atoms with van der Waals surface area (Å²) in [5.41, 5.74) is 0. The van der Waals surface area contributed by atoms with Gasteiger partial charge < -0.3 is 66.3 Å². The number of carbonyl (C=O) groups is 10. The second kappa shape index (κ2) is 26.7. The van der Waals surface area contributed by atoms with E-state index in [1.165, 1.54) is 7.11 Å². The summed E-state index contributed by atoms with van der Waals surface area (Å²) in [6.45, 7) is 8.92. The van der Waals surface area contributed by atoms with Gasteiger partial charge in [-0.25, -0.2) is 9.98 Å². The Hall–Kier alpha value is -6.70. The molecule has 69 heavy (non-hydrogen) atoms. The summed E-state index contributed by atoms with van der Waals surface area (Å²) >= 11 is 0. The molecule has 3 aliphatic heterocycles. The Labute approximate surface area is 393 Å². The number of hydrogen-bond donors (Lipinski definition) is 0. The van der Waals surface area contributed by atoms with E-state index < -0.39 is 171 Å². The molecular formula is C41H54N4O24. The lowest BCUT2D eigenvalue weighted by Crippen LogP contribution is -2.62. The van der Waals surface area contributed by atoms with Gasteiger partial charge in [-0.15, -0.1) is 0 Å². The van der Waals surface area contributed by atoms with Crippen LogP contribution < -0.4 is 0 Å². The monoisotopic (exact) mass is 986 g/mol. The number of rotatable bonds is 18. The highest BCUT2D eigenvalue weighted by molar-refractivity contribution is 5.71. The molecule has 0 unspecified atom stereocenters. The average Bonchev–Trinajstić information content (AvgIpc) is 3.21. The molecule has 3 rings (SSSR count). The van der Waals surface area contributed by atoms with Gasteiger partial charge >= 0.3 is 59.7 Å². The van der Waals surface area contributed by atoms with E-state index in [2.05, 4.69) is 32.0 Å². The molecule has 0 spiro atoms. The van der Waals surface area contributed by atoms with Gasteiger partial charge in [-0.05, 0) is 0 Å². The van der Waals surface area contributed by atoms with Crippen molar-refractivity contribution in [2.75, 3.05) is 26.8 Å². The second-order valence-corrected chi connectivity index (χ2v) is 15.0. The van der Waals surface area contributed by atoms with Gasteiger partial charge in [0, 0.05) is 76.3 Å². The van der Waals surface area contributed by atoms with Crippen LogP contribution >= 0.6 is 0 Å². The first-order valence-corrected chi connectivity index (χ1v) is 20.8. The molecule has 0 aromatic carbocycles. The lowest BCUT2D eigenvalue weighted by Gasteiger charge is -2.43. The van der Waals surface area contributed by atoms with Gasteiger partial charge in [-0.3, -0.25) is 47.9 Å². The molecule has 28 nitrogen and oxygen atoms in total. The fourth-order valence-electron chi connectivity index (χ4n) is 7.08. The third kappa shape index (κ3) is 17.7. The van der Waals surface area contributed by atoms with E-state index in [9.17, 15) is 47.9 Å². The van der Waals surface area contributed by atoms with Crippen molar-refractivity contribution in [3.63, 3.8) is 0 Å².